The van der Waals surface area contributed by atoms with Gasteiger partial charge in [-0.25, -0.2) is 4.98 Å². The minimum Gasteiger partial charge on any atom is -0.311 e. The second kappa shape index (κ2) is 3.14. The molecule has 0 spiro atoms. The van der Waals surface area contributed by atoms with Crippen LogP contribution in [0.4, 0.5) is 5.82 Å². The highest BCUT2D eigenvalue weighted by molar-refractivity contribution is 5.87. The number of anilines is 1. The third-order valence-electron chi connectivity index (χ3n) is 1.09. The number of hydrogen-bond acceptors (Lipinski definition) is 2. The molecule has 1 aromatic rings. The Balaban J connectivity index is 2.74. The van der Waals surface area contributed by atoms with Gasteiger partial charge >= 0.3 is 0 Å². The van der Waals surface area contributed by atoms with Crippen molar-refractivity contribution in [2.45, 2.75) is 6.92 Å². The lowest BCUT2D eigenvalue weighted by Gasteiger charge is -1.99. The first-order valence-electron chi connectivity index (χ1n) is 3.17. The fourth-order valence-corrected chi connectivity index (χ4v) is 0.660. The van der Waals surface area contributed by atoms with Crippen LogP contribution in [0, 0.1) is 6.92 Å². The molecule has 3 nitrogen and oxygen atoms in total. The Hall–Kier alpha value is -1.38. The van der Waals surface area contributed by atoms with Gasteiger partial charge in [0.1, 0.15) is 5.82 Å². The molecule has 0 saturated carbocycles. The van der Waals surface area contributed by atoms with Gasteiger partial charge in [0.2, 0.25) is 5.91 Å². The van der Waals surface area contributed by atoms with Crippen LogP contribution in [0.1, 0.15) is 12.5 Å². The van der Waals surface area contributed by atoms with E-state index in [-0.39, 0.29) is 5.91 Å². The average molecular weight is 148 g/mol. The molecule has 1 rings (SSSR count). The third kappa shape index (κ3) is 2.37. The highest BCUT2D eigenvalue weighted by Gasteiger charge is 1.93. The van der Waals surface area contributed by atoms with Crippen LogP contribution in [0.15, 0.2) is 18.3 Å². The zero-order valence-corrected chi connectivity index (χ0v) is 6.16. The van der Waals surface area contributed by atoms with Crippen LogP contribution in [-0.4, -0.2) is 10.9 Å². The van der Waals surface area contributed by atoms with Crippen molar-refractivity contribution in [3.8, 4) is 0 Å². The standard InChI is InChI=1S/C8H8N2O/c1-6-3-4-8(9-5-6)10-7(2)11/h1,3-5H,2H3,(H,9,10,11). The molecule has 1 N–H and O–H groups in total. The maximum atomic E-state index is 10.5. The van der Waals surface area contributed by atoms with Crippen molar-refractivity contribution >= 4 is 11.7 Å². The van der Waals surface area contributed by atoms with E-state index in [4.69, 9.17) is 6.92 Å². The van der Waals surface area contributed by atoms with Gasteiger partial charge in [0.05, 0.1) is 0 Å². The summed E-state index contributed by atoms with van der Waals surface area (Å²) in [5, 5.41) is 2.53. The summed E-state index contributed by atoms with van der Waals surface area (Å²) < 4.78 is 0. The van der Waals surface area contributed by atoms with E-state index in [9.17, 15) is 4.79 Å². The Morgan fingerprint density at radius 3 is 2.82 bits per heavy atom. The number of hydrogen-bond donors (Lipinski definition) is 1. The molecule has 0 bridgehead atoms. The van der Waals surface area contributed by atoms with E-state index in [0.717, 1.165) is 0 Å². The SMILES string of the molecule is [CH]c1ccc(NC(C)=O)nc1. The summed E-state index contributed by atoms with van der Waals surface area (Å²) in [6, 6.07) is 3.33. The first kappa shape index (κ1) is 7.72. The number of pyridine rings is 1. The molecule has 2 radical (unpaired) electrons. The van der Waals surface area contributed by atoms with Crippen LogP contribution in [0.3, 0.4) is 0 Å². The predicted octanol–water partition coefficient (Wildman–Crippen LogP) is 1.10. The molecule has 0 saturated heterocycles. The Labute approximate surface area is 65.5 Å². The van der Waals surface area contributed by atoms with Crippen LogP contribution in [0.25, 0.3) is 0 Å². The van der Waals surface area contributed by atoms with Gasteiger partial charge in [0.15, 0.2) is 0 Å². The number of aromatic nitrogens is 1. The van der Waals surface area contributed by atoms with Crippen LogP contribution >= 0.6 is 0 Å². The molecule has 0 aromatic carbocycles. The van der Waals surface area contributed by atoms with Crippen molar-refractivity contribution in [3.63, 3.8) is 0 Å². The van der Waals surface area contributed by atoms with E-state index in [1.807, 2.05) is 0 Å². The molecule has 0 unspecified atom stereocenters. The molecule has 1 amide bonds. The van der Waals surface area contributed by atoms with Crippen molar-refractivity contribution in [3.05, 3.63) is 30.8 Å². The van der Waals surface area contributed by atoms with Crippen molar-refractivity contribution in [1.82, 2.24) is 4.98 Å². The van der Waals surface area contributed by atoms with Gasteiger partial charge in [0, 0.05) is 20.0 Å². The number of nitrogens with one attached hydrogen (secondary N) is 1. The Morgan fingerprint density at radius 1 is 1.64 bits per heavy atom. The molecule has 0 aliphatic rings. The summed E-state index contributed by atoms with van der Waals surface area (Å²) in [6.07, 6.45) is 1.49. The lowest BCUT2D eigenvalue weighted by Crippen LogP contribution is -2.06. The zero-order chi connectivity index (χ0) is 8.27. The minimum atomic E-state index is -0.137. The Morgan fingerprint density at radius 2 is 2.36 bits per heavy atom. The lowest BCUT2D eigenvalue weighted by atomic mass is 10.3. The van der Waals surface area contributed by atoms with Gasteiger partial charge in [-0.2, -0.15) is 0 Å². The summed E-state index contributed by atoms with van der Waals surface area (Å²) in [4.78, 5) is 14.4. The molecule has 3 heteroatoms. The van der Waals surface area contributed by atoms with Crippen molar-refractivity contribution in [2.24, 2.45) is 0 Å². The fraction of sp³-hybridized carbons (Fsp3) is 0.125. The van der Waals surface area contributed by atoms with Gasteiger partial charge < -0.3 is 5.32 Å². The molecule has 1 heterocycles. The lowest BCUT2D eigenvalue weighted by molar-refractivity contribution is -0.114. The van der Waals surface area contributed by atoms with E-state index in [1.165, 1.54) is 13.1 Å². The minimum absolute atomic E-state index is 0.137. The molecule has 0 atom stereocenters. The summed E-state index contributed by atoms with van der Waals surface area (Å²) in [6.45, 7) is 6.81. The second-order valence-electron chi connectivity index (χ2n) is 2.16. The van der Waals surface area contributed by atoms with E-state index in [1.54, 1.807) is 12.1 Å². The van der Waals surface area contributed by atoms with Crippen LogP contribution in [-0.2, 0) is 4.79 Å². The first-order valence-corrected chi connectivity index (χ1v) is 3.17. The Kier molecular flexibility index (Phi) is 2.21. The van der Waals surface area contributed by atoms with E-state index in [2.05, 4.69) is 10.3 Å². The molecule has 11 heavy (non-hydrogen) atoms. The van der Waals surface area contributed by atoms with Crippen LogP contribution in [0.5, 0.6) is 0 Å². The summed E-state index contributed by atoms with van der Waals surface area (Å²) >= 11 is 0. The molecular weight excluding hydrogens is 140 g/mol. The molecular formula is C8H8N2O. The van der Waals surface area contributed by atoms with E-state index < -0.39 is 0 Å². The van der Waals surface area contributed by atoms with Gasteiger partial charge in [-0.15, -0.1) is 0 Å². The second-order valence-corrected chi connectivity index (χ2v) is 2.16. The highest BCUT2D eigenvalue weighted by atomic mass is 16.1. The van der Waals surface area contributed by atoms with E-state index in [0.29, 0.717) is 11.4 Å². The summed E-state index contributed by atoms with van der Waals surface area (Å²) in [5.74, 6) is 0.383. The molecule has 1 aromatic heterocycles. The van der Waals surface area contributed by atoms with Gasteiger partial charge in [0.25, 0.3) is 0 Å². The maximum absolute atomic E-state index is 10.5. The monoisotopic (exact) mass is 148 g/mol. The van der Waals surface area contributed by atoms with Crippen molar-refractivity contribution < 1.29 is 4.79 Å². The van der Waals surface area contributed by atoms with Gasteiger partial charge in [-0.3, -0.25) is 4.79 Å². The number of rotatable bonds is 1. The summed E-state index contributed by atoms with van der Waals surface area (Å²) in [7, 11) is 0. The number of nitrogens with zero attached hydrogens (tertiary/aromatic N) is 1. The van der Waals surface area contributed by atoms with Crippen molar-refractivity contribution in [1.29, 1.82) is 0 Å². The fourth-order valence-electron chi connectivity index (χ4n) is 0.660. The predicted molar refractivity (Wildman–Crippen MR) is 41.9 cm³/mol. The Bertz CT molecular complexity index is 253. The highest BCUT2D eigenvalue weighted by Crippen LogP contribution is 2.02. The normalized spacial score (nSPS) is 9.27. The topological polar surface area (TPSA) is 42.0 Å². The molecule has 56 valence electrons. The molecule has 0 aliphatic carbocycles. The first-order chi connectivity index (χ1) is 5.18. The number of carbonyl (C=O) groups excluding carboxylic acids is 1. The van der Waals surface area contributed by atoms with Gasteiger partial charge in [-0.1, -0.05) is 6.07 Å². The van der Waals surface area contributed by atoms with Crippen LogP contribution < -0.4 is 5.32 Å². The molecule has 0 aliphatic heterocycles. The van der Waals surface area contributed by atoms with Crippen molar-refractivity contribution in [2.75, 3.05) is 5.32 Å². The number of carbonyl (C=O) groups is 1. The van der Waals surface area contributed by atoms with Gasteiger partial charge in [-0.05, 0) is 11.6 Å². The average Bonchev–Trinajstić information content (AvgIpc) is 1.93. The zero-order valence-electron chi connectivity index (χ0n) is 6.16. The summed E-state index contributed by atoms with van der Waals surface area (Å²) in [5.41, 5.74) is 0.583. The quantitative estimate of drug-likeness (QED) is 0.648. The van der Waals surface area contributed by atoms with E-state index >= 15 is 0 Å². The van der Waals surface area contributed by atoms with Crippen LogP contribution in [0.2, 0.25) is 0 Å². The molecule has 0 fully saturated rings. The third-order valence-corrected chi connectivity index (χ3v) is 1.09. The smallest absolute Gasteiger partial charge is 0.222 e. The maximum Gasteiger partial charge on any atom is 0.222 e. The number of amides is 1. The largest absolute Gasteiger partial charge is 0.311 e.